The maximum absolute atomic E-state index is 8.55. The molecule has 0 heterocycles. The van der Waals surface area contributed by atoms with Crippen LogP contribution in [0.25, 0.3) is 6.08 Å². The molecular formula is C11H8ClN. The van der Waals surface area contributed by atoms with Gasteiger partial charge in [0.2, 0.25) is 0 Å². The average Bonchev–Trinajstić information content (AvgIpc) is 2.19. The molecule has 0 aliphatic heterocycles. The lowest BCUT2D eigenvalue weighted by Gasteiger charge is -1.91. The summed E-state index contributed by atoms with van der Waals surface area (Å²) in [6.07, 6.45) is 5.49. The summed E-state index contributed by atoms with van der Waals surface area (Å²) < 4.78 is 0. The van der Waals surface area contributed by atoms with Crippen LogP contribution < -0.4 is 0 Å². The zero-order chi connectivity index (χ0) is 9.52. The minimum atomic E-state index is 0.671. The number of hydrogen-bond acceptors (Lipinski definition) is 1. The Balaban J connectivity index is 2.76. The number of benzene rings is 1. The third kappa shape index (κ3) is 3.14. The molecule has 1 rings (SSSR count). The Labute approximate surface area is 82.6 Å². The molecular weight excluding hydrogens is 182 g/mol. The number of nitrogens with zero attached hydrogens (tertiary/aromatic N) is 1. The van der Waals surface area contributed by atoms with E-state index in [-0.39, 0.29) is 0 Å². The van der Waals surface area contributed by atoms with Gasteiger partial charge in [-0.25, -0.2) is 0 Å². The normalized spacial score (nSPS) is 10.8. The van der Waals surface area contributed by atoms with E-state index in [1.54, 1.807) is 18.2 Å². The van der Waals surface area contributed by atoms with Crippen molar-refractivity contribution in [2.45, 2.75) is 0 Å². The second-order valence-electron chi connectivity index (χ2n) is 2.41. The van der Waals surface area contributed by atoms with Crippen molar-refractivity contribution in [1.29, 1.82) is 5.26 Å². The molecule has 2 heteroatoms. The van der Waals surface area contributed by atoms with Crippen LogP contribution in [0.5, 0.6) is 0 Å². The molecule has 0 bridgehead atoms. The predicted octanol–water partition coefficient (Wildman–Crippen LogP) is 3.32. The van der Waals surface area contributed by atoms with Crippen LogP contribution in [0, 0.1) is 11.3 Å². The summed E-state index contributed by atoms with van der Waals surface area (Å²) in [7, 11) is 0. The molecule has 0 fully saturated rings. The highest BCUT2D eigenvalue weighted by atomic mass is 35.5. The Bertz CT molecular complexity index is 355. The van der Waals surface area contributed by atoms with Gasteiger partial charge in [0.05, 0.1) is 11.6 Å². The Kier molecular flexibility index (Phi) is 3.81. The van der Waals surface area contributed by atoms with Gasteiger partial charge >= 0.3 is 0 Å². The van der Waals surface area contributed by atoms with Crippen molar-refractivity contribution in [3.63, 3.8) is 0 Å². The first-order chi connectivity index (χ1) is 6.36. The lowest BCUT2D eigenvalue weighted by atomic mass is 10.1. The third-order valence-corrected chi connectivity index (χ3v) is 1.66. The van der Waals surface area contributed by atoms with Gasteiger partial charge in [0.25, 0.3) is 0 Å². The molecule has 0 atom stereocenters. The van der Waals surface area contributed by atoms with Gasteiger partial charge < -0.3 is 0 Å². The van der Waals surface area contributed by atoms with Gasteiger partial charge in [-0.15, -0.1) is 0 Å². The highest BCUT2D eigenvalue weighted by Gasteiger charge is 1.87. The molecule has 0 radical (unpaired) electrons. The highest BCUT2D eigenvalue weighted by Crippen LogP contribution is 2.05. The lowest BCUT2D eigenvalue weighted by molar-refractivity contribution is 1.48. The van der Waals surface area contributed by atoms with E-state index in [0.29, 0.717) is 5.56 Å². The monoisotopic (exact) mass is 189 g/mol. The largest absolute Gasteiger partial charge is 0.192 e. The van der Waals surface area contributed by atoms with E-state index < -0.39 is 0 Å². The summed E-state index contributed by atoms with van der Waals surface area (Å²) in [5.74, 6) is 0. The van der Waals surface area contributed by atoms with Crippen molar-refractivity contribution in [1.82, 2.24) is 0 Å². The van der Waals surface area contributed by atoms with Crippen molar-refractivity contribution >= 4 is 17.7 Å². The van der Waals surface area contributed by atoms with Gasteiger partial charge in [-0.2, -0.15) is 5.26 Å². The smallest absolute Gasteiger partial charge is 0.0991 e. The molecule has 0 aliphatic carbocycles. The molecule has 0 unspecified atom stereocenters. The minimum absolute atomic E-state index is 0.671. The first-order valence-electron chi connectivity index (χ1n) is 3.80. The van der Waals surface area contributed by atoms with Crippen LogP contribution in [0.15, 0.2) is 42.0 Å². The van der Waals surface area contributed by atoms with Crippen LogP contribution in [0.2, 0.25) is 0 Å². The van der Waals surface area contributed by atoms with Crippen LogP contribution in [0.3, 0.4) is 0 Å². The highest BCUT2D eigenvalue weighted by molar-refractivity contribution is 6.25. The van der Waals surface area contributed by atoms with E-state index in [1.807, 2.05) is 24.3 Å². The fourth-order valence-electron chi connectivity index (χ4n) is 0.877. The maximum atomic E-state index is 8.55. The summed E-state index contributed by atoms with van der Waals surface area (Å²) in [5.41, 5.74) is 3.17. The first-order valence-corrected chi connectivity index (χ1v) is 4.24. The van der Waals surface area contributed by atoms with Gasteiger partial charge in [-0.3, -0.25) is 0 Å². The van der Waals surface area contributed by atoms with E-state index in [4.69, 9.17) is 16.9 Å². The number of allylic oxidation sites excluding steroid dienone is 2. The molecule has 0 aromatic heterocycles. The Morgan fingerprint density at radius 1 is 1.15 bits per heavy atom. The molecule has 64 valence electrons. The number of hydrogen-bond donors (Lipinski definition) is 0. The second kappa shape index (κ2) is 5.18. The molecule has 0 N–H and O–H groups in total. The molecule has 1 aromatic rings. The fourth-order valence-corrected chi connectivity index (χ4v) is 0.961. The van der Waals surface area contributed by atoms with E-state index in [1.165, 1.54) is 5.54 Å². The van der Waals surface area contributed by atoms with E-state index in [0.717, 1.165) is 5.56 Å². The lowest BCUT2D eigenvalue weighted by Crippen LogP contribution is -1.74. The zero-order valence-electron chi connectivity index (χ0n) is 6.94. The molecule has 13 heavy (non-hydrogen) atoms. The molecule has 0 saturated carbocycles. The molecule has 0 spiro atoms. The fraction of sp³-hybridized carbons (Fsp3) is 0. The quantitative estimate of drug-likeness (QED) is 0.655. The van der Waals surface area contributed by atoms with Crippen molar-refractivity contribution in [2.75, 3.05) is 0 Å². The molecule has 0 aliphatic rings. The molecule has 0 amide bonds. The Hall–Kier alpha value is -1.52. The summed E-state index contributed by atoms with van der Waals surface area (Å²) in [4.78, 5) is 0. The van der Waals surface area contributed by atoms with E-state index in [2.05, 4.69) is 6.07 Å². The van der Waals surface area contributed by atoms with Gasteiger partial charge in [0, 0.05) is 5.54 Å². The summed E-state index contributed by atoms with van der Waals surface area (Å²) in [5, 5.41) is 8.55. The van der Waals surface area contributed by atoms with Crippen molar-refractivity contribution in [3.05, 3.63) is 53.1 Å². The molecule has 1 aromatic carbocycles. The van der Waals surface area contributed by atoms with Crippen LogP contribution in [0.1, 0.15) is 11.1 Å². The van der Waals surface area contributed by atoms with Gasteiger partial charge in [-0.1, -0.05) is 42.0 Å². The SMILES string of the molecule is N#Cc1ccc(/C=C/C=C/Cl)cc1. The summed E-state index contributed by atoms with van der Waals surface area (Å²) in [6, 6.07) is 9.40. The Morgan fingerprint density at radius 3 is 2.38 bits per heavy atom. The second-order valence-corrected chi connectivity index (χ2v) is 2.66. The van der Waals surface area contributed by atoms with E-state index in [9.17, 15) is 0 Å². The van der Waals surface area contributed by atoms with Crippen molar-refractivity contribution in [2.24, 2.45) is 0 Å². The van der Waals surface area contributed by atoms with Gasteiger partial charge in [0.15, 0.2) is 0 Å². The zero-order valence-corrected chi connectivity index (χ0v) is 7.70. The van der Waals surface area contributed by atoms with Crippen molar-refractivity contribution < 1.29 is 0 Å². The standard InChI is InChI=1S/C11H8ClN/c12-8-2-1-3-10-4-6-11(9-13)7-5-10/h1-8H/b3-1+,8-2+. The topological polar surface area (TPSA) is 23.8 Å². The maximum Gasteiger partial charge on any atom is 0.0991 e. The number of nitriles is 1. The summed E-state index contributed by atoms with van der Waals surface area (Å²) in [6.45, 7) is 0. The third-order valence-electron chi connectivity index (χ3n) is 1.51. The average molecular weight is 190 g/mol. The van der Waals surface area contributed by atoms with E-state index >= 15 is 0 Å². The number of rotatable bonds is 2. The van der Waals surface area contributed by atoms with Crippen LogP contribution in [-0.4, -0.2) is 0 Å². The predicted molar refractivity (Wildman–Crippen MR) is 55.2 cm³/mol. The Morgan fingerprint density at radius 2 is 1.85 bits per heavy atom. The molecule has 1 nitrogen and oxygen atoms in total. The van der Waals surface area contributed by atoms with Crippen molar-refractivity contribution in [3.8, 4) is 6.07 Å². The van der Waals surface area contributed by atoms with Gasteiger partial charge in [-0.05, 0) is 17.7 Å². The van der Waals surface area contributed by atoms with Crippen LogP contribution in [-0.2, 0) is 0 Å². The van der Waals surface area contributed by atoms with Crippen LogP contribution >= 0.6 is 11.6 Å². The number of halogens is 1. The minimum Gasteiger partial charge on any atom is -0.192 e. The first kappa shape index (κ1) is 9.57. The summed E-state index contributed by atoms with van der Waals surface area (Å²) >= 11 is 5.34. The molecule has 0 saturated heterocycles. The van der Waals surface area contributed by atoms with Crippen LogP contribution in [0.4, 0.5) is 0 Å². The van der Waals surface area contributed by atoms with Gasteiger partial charge in [0.1, 0.15) is 0 Å².